The molecule has 3 nitrogen and oxygen atoms in total. The quantitative estimate of drug-likeness (QED) is 0.900. The summed E-state index contributed by atoms with van der Waals surface area (Å²) < 4.78 is 15.1. The molecule has 1 heterocycles. The van der Waals surface area contributed by atoms with Crippen LogP contribution >= 0.6 is 11.6 Å². The second kappa shape index (κ2) is 5.09. The number of aromatic nitrogens is 2. The molecule has 0 unspecified atom stereocenters. The number of nitrogens with zero attached hydrogens (tertiary/aromatic N) is 2. The van der Waals surface area contributed by atoms with Crippen LogP contribution in [0.5, 0.6) is 0 Å². The minimum Gasteiger partial charge on any atom is -0.383 e. The number of imidazole rings is 1. The predicted octanol–water partition coefficient (Wildman–Crippen LogP) is 4.24. The van der Waals surface area contributed by atoms with Gasteiger partial charge in [0.1, 0.15) is 23.2 Å². The third-order valence-corrected chi connectivity index (χ3v) is 3.49. The number of hydrogen-bond donors (Lipinski definition) is 1. The lowest BCUT2D eigenvalue weighted by molar-refractivity contribution is 0.508. The first-order valence-corrected chi connectivity index (χ1v) is 6.95. The number of hydrogen-bond acceptors (Lipinski definition) is 2. The molecule has 2 rings (SSSR count). The Morgan fingerprint density at radius 1 is 1.35 bits per heavy atom. The number of nitrogen functional groups attached to an aromatic ring is 1. The van der Waals surface area contributed by atoms with Gasteiger partial charge in [0.05, 0.1) is 5.02 Å². The van der Waals surface area contributed by atoms with Crippen molar-refractivity contribution in [3.05, 3.63) is 34.9 Å². The second-order valence-electron chi connectivity index (χ2n) is 5.79. The van der Waals surface area contributed by atoms with Gasteiger partial charge in [-0.05, 0) is 25.1 Å². The van der Waals surface area contributed by atoms with E-state index in [2.05, 4.69) is 25.8 Å². The Morgan fingerprint density at radius 3 is 2.45 bits per heavy atom. The Hall–Kier alpha value is -1.55. The molecule has 1 aromatic heterocycles. The maximum atomic E-state index is 13.2. The maximum Gasteiger partial charge on any atom is 0.131 e. The molecule has 5 heteroatoms. The molecule has 0 bridgehead atoms. The predicted molar refractivity (Wildman–Crippen MR) is 81.4 cm³/mol. The Balaban J connectivity index is 2.67. The summed E-state index contributed by atoms with van der Waals surface area (Å²) in [7, 11) is 0. The van der Waals surface area contributed by atoms with Crippen molar-refractivity contribution in [2.75, 3.05) is 5.73 Å². The average Bonchev–Trinajstić information content (AvgIpc) is 2.66. The van der Waals surface area contributed by atoms with E-state index >= 15 is 0 Å². The normalized spacial score (nSPS) is 11.9. The van der Waals surface area contributed by atoms with Gasteiger partial charge in [-0.2, -0.15) is 0 Å². The Bertz CT molecular complexity index is 641. The smallest absolute Gasteiger partial charge is 0.131 e. The molecule has 0 saturated heterocycles. The zero-order valence-electron chi connectivity index (χ0n) is 12.2. The van der Waals surface area contributed by atoms with Crippen LogP contribution in [-0.4, -0.2) is 9.55 Å². The number of halogens is 2. The lowest BCUT2D eigenvalue weighted by Crippen LogP contribution is -2.19. The Morgan fingerprint density at radius 2 is 2.00 bits per heavy atom. The lowest BCUT2D eigenvalue weighted by atomic mass is 9.95. The van der Waals surface area contributed by atoms with Crippen molar-refractivity contribution in [1.82, 2.24) is 9.55 Å². The van der Waals surface area contributed by atoms with Gasteiger partial charge in [-0.25, -0.2) is 9.37 Å². The van der Waals surface area contributed by atoms with Crippen LogP contribution in [0.4, 0.5) is 10.2 Å². The number of nitrogens with two attached hydrogens (primary N) is 1. The van der Waals surface area contributed by atoms with Crippen molar-refractivity contribution in [2.45, 2.75) is 39.7 Å². The van der Waals surface area contributed by atoms with Crippen LogP contribution in [0.2, 0.25) is 5.02 Å². The van der Waals surface area contributed by atoms with Gasteiger partial charge in [-0.1, -0.05) is 32.4 Å². The molecular formula is C15H19ClFN3. The highest BCUT2D eigenvalue weighted by Crippen LogP contribution is 2.35. The summed E-state index contributed by atoms with van der Waals surface area (Å²) in [5.41, 5.74) is 7.34. The molecule has 0 spiro atoms. The van der Waals surface area contributed by atoms with Crippen molar-refractivity contribution in [2.24, 2.45) is 0 Å². The summed E-state index contributed by atoms with van der Waals surface area (Å²) in [6, 6.07) is 4.25. The highest BCUT2D eigenvalue weighted by atomic mass is 35.5. The highest BCUT2D eigenvalue weighted by Gasteiger charge is 2.25. The molecule has 0 aliphatic carbocycles. The summed E-state index contributed by atoms with van der Waals surface area (Å²) in [6.07, 6.45) is 0. The van der Waals surface area contributed by atoms with Gasteiger partial charge in [0.2, 0.25) is 0 Å². The van der Waals surface area contributed by atoms with Gasteiger partial charge in [-0.3, -0.25) is 0 Å². The van der Waals surface area contributed by atoms with Crippen LogP contribution < -0.4 is 5.73 Å². The lowest BCUT2D eigenvalue weighted by Gasteiger charge is -2.19. The SMILES string of the molecule is CCn1c(C(C)(C)C)nc(-c2ccc(F)cc2Cl)c1N. The van der Waals surface area contributed by atoms with Crippen LogP contribution in [0.1, 0.15) is 33.5 Å². The van der Waals surface area contributed by atoms with Crippen molar-refractivity contribution in [3.8, 4) is 11.3 Å². The van der Waals surface area contributed by atoms with E-state index in [9.17, 15) is 4.39 Å². The molecule has 0 radical (unpaired) electrons. The van der Waals surface area contributed by atoms with Gasteiger partial charge in [0, 0.05) is 17.5 Å². The molecule has 1 aromatic carbocycles. The van der Waals surface area contributed by atoms with Crippen molar-refractivity contribution in [3.63, 3.8) is 0 Å². The zero-order valence-corrected chi connectivity index (χ0v) is 12.9. The molecule has 0 aliphatic rings. The second-order valence-corrected chi connectivity index (χ2v) is 6.19. The van der Waals surface area contributed by atoms with Crippen LogP contribution in [0.15, 0.2) is 18.2 Å². The topological polar surface area (TPSA) is 43.8 Å². The van der Waals surface area contributed by atoms with E-state index < -0.39 is 0 Å². The fourth-order valence-corrected chi connectivity index (χ4v) is 2.49. The fourth-order valence-electron chi connectivity index (χ4n) is 2.24. The minimum atomic E-state index is -0.372. The highest BCUT2D eigenvalue weighted by molar-refractivity contribution is 6.33. The standard InChI is InChI=1S/C15H19ClFN3/c1-5-20-13(18)12(19-14(20)15(2,3)4)10-7-6-9(17)8-11(10)16/h6-8H,5,18H2,1-4H3. The summed E-state index contributed by atoms with van der Waals surface area (Å²) >= 11 is 6.11. The van der Waals surface area contributed by atoms with Crippen LogP contribution in [-0.2, 0) is 12.0 Å². The molecule has 0 saturated carbocycles. The number of benzene rings is 1. The average molecular weight is 296 g/mol. The summed E-state index contributed by atoms with van der Waals surface area (Å²) in [5, 5.41) is 0.318. The summed E-state index contributed by atoms with van der Waals surface area (Å²) in [5.74, 6) is 1.09. The summed E-state index contributed by atoms with van der Waals surface area (Å²) in [6.45, 7) is 8.98. The van der Waals surface area contributed by atoms with E-state index in [4.69, 9.17) is 17.3 Å². The van der Waals surface area contributed by atoms with Crippen LogP contribution in [0.25, 0.3) is 11.3 Å². The van der Waals surface area contributed by atoms with Crippen LogP contribution in [0.3, 0.4) is 0 Å². The van der Waals surface area contributed by atoms with E-state index in [0.29, 0.717) is 22.1 Å². The summed E-state index contributed by atoms with van der Waals surface area (Å²) in [4.78, 5) is 4.64. The number of rotatable bonds is 2. The van der Waals surface area contributed by atoms with E-state index in [1.54, 1.807) is 6.07 Å². The van der Waals surface area contributed by atoms with Gasteiger partial charge in [0.25, 0.3) is 0 Å². The molecule has 0 aliphatic heterocycles. The van der Waals surface area contributed by atoms with Crippen molar-refractivity contribution < 1.29 is 4.39 Å². The van der Waals surface area contributed by atoms with Crippen molar-refractivity contribution >= 4 is 17.4 Å². The first kappa shape index (κ1) is 14.9. The first-order chi connectivity index (χ1) is 9.25. The molecule has 0 fully saturated rings. The van der Waals surface area contributed by atoms with Gasteiger partial charge in [0.15, 0.2) is 0 Å². The van der Waals surface area contributed by atoms with Gasteiger partial charge < -0.3 is 10.3 Å². The molecule has 108 valence electrons. The molecule has 2 N–H and O–H groups in total. The van der Waals surface area contributed by atoms with Gasteiger partial charge in [-0.15, -0.1) is 0 Å². The minimum absolute atomic E-state index is 0.130. The third-order valence-electron chi connectivity index (χ3n) is 3.18. The molecular weight excluding hydrogens is 277 g/mol. The van der Waals surface area contributed by atoms with Gasteiger partial charge >= 0.3 is 0 Å². The van der Waals surface area contributed by atoms with E-state index in [-0.39, 0.29) is 11.2 Å². The van der Waals surface area contributed by atoms with Crippen LogP contribution in [0, 0.1) is 5.82 Å². The molecule has 20 heavy (non-hydrogen) atoms. The van der Waals surface area contributed by atoms with E-state index in [1.807, 2.05) is 11.5 Å². The molecule has 0 atom stereocenters. The largest absolute Gasteiger partial charge is 0.383 e. The maximum absolute atomic E-state index is 13.2. The van der Waals surface area contributed by atoms with E-state index in [0.717, 1.165) is 12.4 Å². The van der Waals surface area contributed by atoms with E-state index in [1.165, 1.54) is 12.1 Å². The third kappa shape index (κ3) is 2.52. The molecule has 0 amide bonds. The molecule has 2 aromatic rings. The zero-order chi connectivity index (χ0) is 15.1. The Labute approximate surface area is 123 Å². The first-order valence-electron chi connectivity index (χ1n) is 6.57. The van der Waals surface area contributed by atoms with Crippen molar-refractivity contribution in [1.29, 1.82) is 0 Å². The monoisotopic (exact) mass is 295 g/mol. The fraction of sp³-hybridized carbons (Fsp3) is 0.400. The Kier molecular flexibility index (Phi) is 3.78. The number of anilines is 1.